The fourth-order valence-electron chi connectivity index (χ4n) is 5.45. The Morgan fingerprint density at radius 3 is 2.15 bits per heavy atom. The van der Waals surface area contributed by atoms with Crippen molar-refractivity contribution in [2.45, 2.75) is 48.0 Å². The van der Waals surface area contributed by atoms with Gasteiger partial charge in [0, 0.05) is 37.2 Å². The van der Waals surface area contributed by atoms with E-state index in [0.29, 0.717) is 5.41 Å². The summed E-state index contributed by atoms with van der Waals surface area (Å²) in [6, 6.07) is 34.4. The second kappa shape index (κ2) is 14.2. The molecule has 0 saturated heterocycles. The first kappa shape index (κ1) is 33.3. The van der Waals surface area contributed by atoms with Crippen LogP contribution in [0.2, 0.25) is 0 Å². The fourth-order valence-corrected chi connectivity index (χ4v) is 6.51. The molecule has 1 radical (unpaired) electrons. The minimum absolute atomic E-state index is 0. The van der Waals surface area contributed by atoms with E-state index in [9.17, 15) is 0 Å². The van der Waals surface area contributed by atoms with E-state index in [1.807, 2.05) is 18.5 Å². The van der Waals surface area contributed by atoms with Gasteiger partial charge in [0.05, 0.1) is 4.70 Å². The van der Waals surface area contributed by atoms with E-state index in [1.165, 1.54) is 53.6 Å². The molecular weight excluding hydrogens is 759 g/mol. The average molecular weight is 796 g/mol. The summed E-state index contributed by atoms with van der Waals surface area (Å²) in [6.07, 6.45) is 8.49. The van der Waals surface area contributed by atoms with Crippen LogP contribution in [0.1, 0.15) is 43.0 Å². The Kier molecular flexibility index (Phi) is 10.3. The molecule has 46 heavy (non-hydrogen) atoms. The smallest absolute Gasteiger partial charge is 0.0521 e. The van der Waals surface area contributed by atoms with Crippen LogP contribution in [-0.4, -0.2) is 15.0 Å². The van der Waals surface area contributed by atoms with Crippen molar-refractivity contribution in [1.82, 2.24) is 15.0 Å². The van der Waals surface area contributed by atoms with Crippen molar-refractivity contribution >= 4 is 31.5 Å². The third-order valence-corrected chi connectivity index (χ3v) is 9.07. The predicted octanol–water partition coefficient (Wildman–Crippen LogP) is 11.0. The van der Waals surface area contributed by atoms with Crippen LogP contribution in [-0.2, 0) is 26.5 Å². The third-order valence-electron chi connectivity index (χ3n) is 7.95. The molecule has 0 atom stereocenters. The summed E-state index contributed by atoms with van der Waals surface area (Å²) < 4.78 is 2.51. The number of rotatable bonds is 4. The zero-order valence-electron chi connectivity index (χ0n) is 27.1. The summed E-state index contributed by atoms with van der Waals surface area (Å²) in [7, 11) is 0. The number of benzene rings is 3. The third kappa shape index (κ3) is 7.67. The molecule has 0 spiro atoms. The minimum atomic E-state index is 0. The molecule has 0 amide bonds. The summed E-state index contributed by atoms with van der Waals surface area (Å²) in [5.41, 5.74) is 11.8. The molecule has 0 aliphatic heterocycles. The maximum Gasteiger partial charge on any atom is 0.0521 e. The quantitative estimate of drug-likeness (QED) is 0.167. The molecule has 0 N–H and O–H groups in total. The first-order valence-electron chi connectivity index (χ1n) is 15.3. The van der Waals surface area contributed by atoms with Crippen molar-refractivity contribution in [1.29, 1.82) is 0 Å². The molecule has 0 bridgehead atoms. The van der Waals surface area contributed by atoms with E-state index in [4.69, 9.17) is 0 Å². The minimum Gasteiger partial charge on any atom is -0.360 e. The van der Waals surface area contributed by atoms with Crippen LogP contribution in [0.25, 0.3) is 53.8 Å². The van der Waals surface area contributed by atoms with E-state index in [0.717, 1.165) is 28.9 Å². The van der Waals surface area contributed by atoms with Gasteiger partial charge in [-0.1, -0.05) is 106 Å². The normalized spacial score (nSPS) is 11.2. The maximum absolute atomic E-state index is 4.60. The summed E-state index contributed by atoms with van der Waals surface area (Å²) in [6.45, 7) is 13.2. The number of nitrogens with zero attached hydrogens (tertiary/aromatic N) is 3. The molecule has 3 nitrogen and oxygen atoms in total. The molecular formula is C41H37IrN3S-2. The molecule has 0 fully saturated rings. The molecule has 0 unspecified atom stereocenters. The van der Waals surface area contributed by atoms with Crippen LogP contribution in [0, 0.1) is 38.3 Å². The van der Waals surface area contributed by atoms with Gasteiger partial charge in [0.15, 0.2) is 0 Å². The second-order valence-corrected chi connectivity index (χ2v) is 13.9. The van der Waals surface area contributed by atoms with E-state index in [-0.39, 0.29) is 20.1 Å². The van der Waals surface area contributed by atoms with Gasteiger partial charge in [-0.25, -0.2) is 0 Å². The van der Waals surface area contributed by atoms with Crippen LogP contribution in [0.15, 0.2) is 104 Å². The fraction of sp³-hybridized carbons (Fsp3) is 0.195. The van der Waals surface area contributed by atoms with Crippen LogP contribution in [0.4, 0.5) is 0 Å². The molecule has 7 aromatic rings. The molecule has 0 saturated carbocycles. The standard InChI is InChI=1S/C25H28N.C16H9N2S.Ir/c1-17-7-10-22(24-13-18(2)19(3)16-26-24)14-23(17)21-11-8-20(9-12-21)15-25(4,5)6;1-2-6-15-12(5-1)13-8-14(18-10-16(13)19-15)11-4-3-7-17-9-11;/h7-9,11-14,16H,15H2,1-6H3;1-3,5-10H;/q2*-1;. The Balaban J connectivity index is 0.000000185. The van der Waals surface area contributed by atoms with Crippen LogP contribution in [0.5, 0.6) is 0 Å². The number of hydrogen-bond donors (Lipinski definition) is 0. The van der Waals surface area contributed by atoms with Crippen molar-refractivity contribution < 1.29 is 20.1 Å². The van der Waals surface area contributed by atoms with E-state index >= 15 is 0 Å². The van der Waals surface area contributed by atoms with Crippen molar-refractivity contribution in [3.63, 3.8) is 0 Å². The van der Waals surface area contributed by atoms with Gasteiger partial charge in [-0.2, -0.15) is 0 Å². The molecule has 7 rings (SSSR count). The Morgan fingerprint density at radius 1 is 0.696 bits per heavy atom. The largest absolute Gasteiger partial charge is 0.360 e. The summed E-state index contributed by atoms with van der Waals surface area (Å²) in [4.78, 5) is 13.2. The number of aryl methyl sites for hydroxylation is 3. The van der Waals surface area contributed by atoms with Crippen LogP contribution < -0.4 is 0 Å². The summed E-state index contributed by atoms with van der Waals surface area (Å²) in [5, 5.41) is 2.54. The molecule has 5 heteroatoms. The number of hydrogen-bond acceptors (Lipinski definition) is 4. The molecule has 0 aliphatic carbocycles. The van der Waals surface area contributed by atoms with Gasteiger partial charge < -0.3 is 15.0 Å². The summed E-state index contributed by atoms with van der Waals surface area (Å²) in [5.74, 6) is 0. The second-order valence-electron chi connectivity index (χ2n) is 12.8. The number of thiophene rings is 1. The van der Waals surface area contributed by atoms with Crippen molar-refractivity contribution in [3.8, 4) is 33.6 Å². The number of aromatic nitrogens is 3. The van der Waals surface area contributed by atoms with Gasteiger partial charge in [0.25, 0.3) is 0 Å². The Labute approximate surface area is 290 Å². The first-order valence-corrected chi connectivity index (χ1v) is 16.1. The molecule has 233 valence electrons. The zero-order chi connectivity index (χ0) is 31.6. The van der Waals surface area contributed by atoms with Gasteiger partial charge >= 0.3 is 0 Å². The number of fused-ring (bicyclic) bond motifs is 3. The summed E-state index contributed by atoms with van der Waals surface area (Å²) >= 11 is 1.78. The van der Waals surface area contributed by atoms with Crippen molar-refractivity contribution in [2.24, 2.45) is 5.41 Å². The van der Waals surface area contributed by atoms with Crippen LogP contribution >= 0.6 is 11.3 Å². The molecule has 4 heterocycles. The SMILES string of the molecule is Cc1cnc(-c2[c-]cc(C)c(-c3ccc(CC(C)(C)C)cc3)c2)cc1C.[Ir].[c-]1ccncc1-c1cc2c(cn1)sc1ccccc12. The van der Waals surface area contributed by atoms with Crippen molar-refractivity contribution in [3.05, 3.63) is 138 Å². The van der Waals surface area contributed by atoms with Crippen LogP contribution in [0.3, 0.4) is 0 Å². The topological polar surface area (TPSA) is 38.7 Å². The Bertz CT molecular complexity index is 2090. The van der Waals surface area contributed by atoms with Gasteiger partial charge in [0.2, 0.25) is 0 Å². The van der Waals surface area contributed by atoms with Gasteiger partial charge in [-0.05, 0) is 70.6 Å². The molecule has 0 aliphatic rings. The van der Waals surface area contributed by atoms with E-state index in [1.54, 1.807) is 23.7 Å². The zero-order valence-corrected chi connectivity index (χ0v) is 30.3. The molecule has 4 aromatic heterocycles. The molecule has 3 aromatic carbocycles. The van der Waals surface area contributed by atoms with E-state index < -0.39 is 0 Å². The van der Waals surface area contributed by atoms with Gasteiger partial charge in [-0.15, -0.1) is 58.4 Å². The Hall–Kier alpha value is -4.02. The monoisotopic (exact) mass is 796 g/mol. The number of pyridine rings is 3. The van der Waals surface area contributed by atoms with E-state index in [2.05, 4.69) is 141 Å². The Morgan fingerprint density at radius 2 is 1.43 bits per heavy atom. The maximum atomic E-state index is 4.60. The first-order chi connectivity index (χ1) is 21.6. The predicted molar refractivity (Wildman–Crippen MR) is 191 cm³/mol. The average Bonchev–Trinajstić information content (AvgIpc) is 3.41. The van der Waals surface area contributed by atoms with Gasteiger partial charge in [-0.3, -0.25) is 0 Å². The van der Waals surface area contributed by atoms with Gasteiger partial charge in [0.1, 0.15) is 0 Å². The van der Waals surface area contributed by atoms with Crippen molar-refractivity contribution in [2.75, 3.05) is 0 Å².